The zero-order valence-electron chi connectivity index (χ0n) is 15.0. The maximum Gasteiger partial charge on any atom is 0.407 e. The topological polar surface area (TPSA) is 96.1 Å². The first kappa shape index (κ1) is 17.8. The summed E-state index contributed by atoms with van der Waals surface area (Å²) < 4.78 is 5.46. The van der Waals surface area contributed by atoms with Crippen LogP contribution in [0.3, 0.4) is 0 Å². The molecule has 2 saturated carbocycles. The predicted molar refractivity (Wildman–Crippen MR) is 94.3 cm³/mol. The average Bonchev–Trinajstić information content (AvgIpc) is 3.27. The van der Waals surface area contributed by atoms with Gasteiger partial charge in [-0.05, 0) is 46.0 Å². The van der Waals surface area contributed by atoms with E-state index in [1.165, 1.54) is 0 Å². The minimum absolute atomic E-state index is 0.0661. The summed E-state index contributed by atoms with van der Waals surface area (Å²) in [6.45, 7) is 3.81. The second-order valence-electron chi connectivity index (χ2n) is 7.52. The summed E-state index contributed by atoms with van der Waals surface area (Å²) in [5, 5.41) is 12.9. The summed E-state index contributed by atoms with van der Waals surface area (Å²) in [6.07, 6.45) is 6.38. The number of hydrogen-bond donors (Lipinski definition) is 3. The molecule has 2 aliphatic carbocycles. The number of H-pyrrole nitrogens is 1. The fraction of sp³-hybridized carbons (Fsp3) is 0.722. The van der Waals surface area contributed by atoms with Crippen LogP contribution in [-0.4, -0.2) is 34.3 Å². The van der Waals surface area contributed by atoms with E-state index in [0.29, 0.717) is 5.82 Å². The van der Waals surface area contributed by atoms with Crippen molar-refractivity contribution in [3.63, 3.8) is 0 Å². The SMILES string of the molecule is CC(C)NC(=O)O[C@@H]1CC[C@H](c2cc(NC(=O)C3CCCC3)n[nH]2)C1. The van der Waals surface area contributed by atoms with Gasteiger partial charge in [-0.3, -0.25) is 9.89 Å². The lowest BCUT2D eigenvalue weighted by Gasteiger charge is -2.14. The number of anilines is 1. The molecule has 2 atom stereocenters. The summed E-state index contributed by atoms with van der Waals surface area (Å²) in [4.78, 5) is 23.9. The standard InChI is InChI=1S/C18H28N4O3/c1-11(2)19-18(24)25-14-8-7-13(9-14)15-10-16(22-21-15)20-17(23)12-5-3-4-6-12/h10-14H,3-9H2,1-2H3,(H,19,24)(H2,20,21,22,23)/t13-,14+/m0/s1. The lowest BCUT2D eigenvalue weighted by molar-refractivity contribution is -0.119. The Kier molecular flexibility index (Phi) is 5.60. The monoisotopic (exact) mass is 348 g/mol. The number of nitrogens with one attached hydrogen (secondary N) is 3. The second kappa shape index (κ2) is 7.89. The van der Waals surface area contributed by atoms with Crippen molar-refractivity contribution in [2.75, 3.05) is 5.32 Å². The molecular weight excluding hydrogens is 320 g/mol. The van der Waals surface area contributed by atoms with Gasteiger partial charge < -0.3 is 15.4 Å². The van der Waals surface area contributed by atoms with E-state index in [1.807, 2.05) is 19.9 Å². The number of hydrogen-bond acceptors (Lipinski definition) is 4. The third-order valence-electron chi connectivity index (χ3n) is 5.08. The largest absolute Gasteiger partial charge is 0.446 e. The fourth-order valence-electron chi connectivity index (χ4n) is 3.78. The molecule has 0 saturated heterocycles. The number of carbonyl (C=O) groups excluding carboxylic acids is 2. The maximum absolute atomic E-state index is 12.2. The molecule has 0 aromatic carbocycles. The van der Waals surface area contributed by atoms with Crippen LogP contribution in [0.4, 0.5) is 10.6 Å². The average molecular weight is 348 g/mol. The van der Waals surface area contributed by atoms with Crippen molar-refractivity contribution in [1.29, 1.82) is 0 Å². The van der Waals surface area contributed by atoms with Crippen molar-refractivity contribution in [1.82, 2.24) is 15.5 Å². The Bertz CT molecular complexity index is 607. The summed E-state index contributed by atoms with van der Waals surface area (Å²) >= 11 is 0. The molecule has 0 bridgehead atoms. The lowest BCUT2D eigenvalue weighted by atomic mass is 10.0. The Morgan fingerprint density at radius 2 is 2.00 bits per heavy atom. The van der Waals surface area contributed by atoms with Crippen molar-refractivity contribution in [3.8, 4) is 0 Å². The normalized spacial score (nSPS) is 23.8. The summed E-state index contributed by atoms with van der Waals surface area (Å²) in [6, 6.07) is 1.98. The van der Waals surface area contributed by atoms with Crippen LogP contribution in [0.5, 0.6) is 0 Å². The molecule has 0 radical (unpaired) electrons. The molecule has 0 unspecified atom stereocenters. The van der Waals surface area contributed by atoms with Crippen LogP contribution in [0, 0.1) is 5.92 Å². The number of alkyl carbamates (subject to hydrolysis) is 1. The fourth-order valence-corrected chi connectivity index (χ4v) is 3.78. The number of aromatic nitrogens is 2. The van der Waals surface area contributed by atoms with Crippen LogP contribution in [-0.2, 0) is 9.53 Å². The highest BCUT2D eigenvalue weighted by molar-refractivity contribution is 5.91. The van der Waals surface area contributed by atoms with Crippen LogP contribution in [0.2, 0.25) is 0 Å². The highest BCUT2D eigenvalue weighted by atomic mass is 16.6. The quantitative estimate of drug-likeness (QED) is 0.760. The molecule has 1 aromatic rings. The number of carbonyl (C=O) groups is 2. The number of aromatic amines is 1. The maximum atomic E-state index is 12.2. The van der Waals surface area contributed by atoms with Gasteiger partial charge in [0.25, 0.3) is 0 Å². The van der Waals surface area contributed by atoms with E-state index in [0.717, 1.165) is 50.6 Å². The van der Waals surface area contributed by atoms with Crippen LogP contribution in [0.1, 0.15) is 70.4 Å². The van der Waals surface area contributed by atoms with Crippen LogP contribution >= 0.6 is 0 Å². The molecule has 3 N–H and O–H groups in total. The van der Waals surface area contributed by atoms with E-state index in [1.54, 1.807) is 0 Å². The Morgan fingerprint density at radius 1 is 1.24 bits per heavy atom. The molecule has 0 spiro atoms. The summed E-state index contributed by atoms with van der Waals surface area (Å²) in [7, 11) is 0. The van der Waals surface area contributed by atoms with Crippen molar-refractivity contribution in [2.45, 2.75) is 76.9 Å². The first-order chi connectivity index (χ1) is 12.0. The number of amides is 2. The minimum atomic E-state index is -0.352. The van der Waals surface area contributed by atoms with E-state index in [-0.39, 0.29) is 36.0 Å². The highest BCUT2D eigenvalue weighted by Crippen LogP contribution is 2.36. The molecule has 1 heterocycles. The number of rotatable bonds is 5. The van der Waals surface area contributed by atoms with E-state index in [2.05, 4.69) is 20.8 Å². The van der Waals surface area contributed by atoms with Gasteiger partial charge in [0.05, 0.1) is 0 Å². The van der Waals surface area contributed by atoms with Crippen molar-refractivity contribution >= 4 is 17.8 Å². The molecule has 2 aliphatic rings. The molecule has 0 aliphatic heterocycles. The number of nitrogens with zero attached hydrogens (tertiary/aromatic N) is 1. The number of ether oxygens (including phenoxy) is 1. The van der Waals surface area contributed by atoms with Gasteiger partial charge in [0, 0.05) is 29.6 Å². The van der Waals surface area contributed by atoms with Gasteiger partial charge in [0.15, 0.2) is 5.82 Å². The van der Waals surface area contributed by atoms with Crippen molar-refractivity contribution in [2.24, 2.45) is 5.92 Å². The first-order valence-corrected chi connectivity index (χ1v) is 9.34. The molecule has 1 aromatic heterocycles. The van der Waals surface area contributed by atoms with Gasteiger partial charge in [0.2, 0.25) is 5.91 Å². The Hall–Kier alpha value is -2.05. The highest BCUT2D eigenvalue weighted by Gasteiger charge is 2.30. The smallest absolute Gasteiger partial charge is 0.407 e. The van der Waals surface area contributed by atoms with Gasteiger partial charge in [-0.15, -0.1) is 0 Å². The van der Waals surface area contributed by atoms with Gasteiger partial charge in [-0.25, -0.2) is 4.79 Å². The lowest BCUT2D eigenvalue weighted by Crippen LogP contribution is -2.33. The van der Waals surface area contributed by atoms with Crippen LogP contribution in [0.15, 0.2) is 6.07 Å². The van der Waals surface area contributed by atoms with Gasteiger partial charge in [-0.1, -0.05) is 12.8 Å². The van der Waals surface area contributed by atoms with Crippen LogP contribution in [0.25, 0.3) is 0 Å². The molecule has 2 fully saturated rings. The molecule has 2 amide bonds. The van der Waals surface area contributed by atoms with Crippen molar-refractivity contribution < 1.29 is 14.3 Å². The molecule has 138 valence electrons. The van der Waals surface area contributed by atoms with Crippen molar-refractivity contribution in [3.05, 3.63) is 11.8 Å². The molecule has 25 heavy (non-hydrogen) atoms. The molecule has 7 heteroatoms. The summed E-state index contributed by atoms with van der Waals surface area (Å²) in [5.74, 6) is 1.08. The van der Waals surface area contributed by atoms with E-state index < -0.39 is 0 Å². The van der Waals surface area contributed by atoms with Gasteiger partial charge in [0.1, 0.15) is 6.10 Å². The third kappa shape index (κ3) is 4.74. The molecule has 7 nitrogen and oxygen atoms in total. The van der Waals surface area contributed by atoms with Crippen LogP contribution < -0.4 is 10.6 Å². The minimum Gasteiger partial charge on any atom is -0.446 e. The molecule has 3 rings (SSSR count). The zero-order valence-corrected chi connectivity index (χ0v) is 15.0. The van der Waals surface area contributed by atoms with E-state index >= 15 is 0 Å². The van der Waals surface area contributed by atoms with Gasteiger partial charge >= 0.3 is 6.09 Å². The zero-order chi connectivity index (χ0) is 17.8. The van der Waals surface area contributed by atoms with E-state index in [9.17, 15) is 9.59 Å². The van der Waals surface area contributed by atoms with Gasteiger partial charge in [-0.2, -0.15) is 5.10 Å². The Morgan fingerprint density at radius 3 is 2.72 bits per heavy atom. The third-order valence-corrected chi connectivity index (χ3v) is 5.08. The Balaban J connectivity index is 1.49. The predicted octanol–water partition coefficient (Wildman–Crippen LogP) is 3.31. The summed E-state index contributed by atoms with van der Waals surface area (Å²) in [5.41, 5.74) is 0.997. The first-order valence-electron chi connectivity index (χ1n) is 9.34. The Labute approximate surface area is 148 Å². The van der Waals surface area contributed by atoms with E-state index in [4.69, 9.17) is 4.74 Å². The molecular formula is C18H28N4O3. The second-order valence-corrected chi connectivity index (χ2v) is 7.52.